The maximum atomic E-state index is 3.71. The van der Waals surface area contributed by atoms with Crippen LogP contribution < -0.4 is 5.32 Å². The minimum Gasteiger partial charge on any atom is -0.314 e. The molecular formula is C14H23N. The summed E-state index contributed by atoms with van der Waals surface area (Å²) in [5.41, 5.74) is 1.35. The third kappa shape index (κ3) is 1.03. The second-order valence-electron chi connectivity index (χ2n) is 7.03. The van der Waals surface area contributed by atoms with Gasteiger partial charge >= 0.3 is 0 Å². The molecule has 5 saturated carbocycles. The van der Waals surface area contributed by atoms with Gasteiger partial charge in [0.1, 0.15) is 0 Å². The summed E-state index contributed by atoms with van der Waals surface area (Å²) in [5, 5.41) is 3.71. The fourth-order valence-electron chi connectivity index (χ4n) is 5.87. The quantitative estimate of drug-likeness (QED) is 0.731. The van der Waals surface area contributed by atoms with Crippen molar-refractivity contribution in [2.75, 3.05) is 7.05 Å². The van der Waals surface area contributed by atoms with Gasteiger partial charge in [0.15, 0.2) is 0 Å². The summed E-state index contributed by atoms with van der Waals surface area (Å²) in [5.74, 6) is 3.34. The van der Waals surface area contributed by atoms with Crippen LogP contribution in [0, 0.1) is 23.2 Å². The molecule has 0 radical (unpaired) electrons. The van der Waals surface area contributed by atoms with Crippen molar-refractivity contribution in [2.24, 2.45) is 23.2 Å². The minimum atomic E-state index is 0.600. The number of hydrogen-bond donors (Lipinski definition) is 1. The lowest BCUT2D eigenvalue weighted by Crippen LogP contribution is -2.56. The van der Waals surface area contributed by atoms with Crippen LogP contribution in [0.4, 0.5) is 0 Å². The molecule has 0 saturated heterocycles. The molecule has 0 spiro atoms. The van der Waals surface area contributed by atoms with Gasteiger partial charge in [0.25, 0.3) is 0 Å². The van der Waals surface area contributed by atoms with Crippen molar-refractivity contribution in [3.63, 3.8) is 0 Å². The molecule has 5 rings (SSSR count). The van der Waals surface area contributed by atoms with E-state index in [2.05, 4.69) is 12.4 Å². The Kier molecular flexibility index (Phi) is 1.57. The summed E-state index contributed by atoms with van der Waals surface area (Å²) in [7, 11) is 2.21. The molecule has 84 valence electrons. The van der Waals surface area contributed by atoms with Gasteiger partial charge in [-0.1, -0.05) is 0 Å². The summed E-state index contributed by atoms with van der Waals surface area (Å²) in [6.45, 7) is 0. The van der Waals surface area contributed by atoms with Gasteiger partial charge in [-0.15, -0.1) is 0 Å². The maximum absolute atomic E-state index is 3.71. The Hall–Kier alpha value is -0.0400. The molecule has 0 aromatic heterocycles. The van der Waals surface area contributed by atoms with Crippen LogP contribution in [0.3, 0.4) is 0 Å². The van der Waals surface area contributed by atoms with Crippen LogP contribution in [0.2, 0.25) is 0 Å². The first-order valence-electron chi connectivity index (χ1n) is 6.94. The highest BCUT2D eigenvalue weighted by Crippen LogP contribution is 2.68. The Balaban J connectivity index is 1.72. The highest BCUT2D eigenvalue weighted by atomic mass is 15.0. The van der Waals surface area contributed by atoms with Crippen LogP contribution in [0.5, 0.6) is 0 Å². The second-order valence-corrected chi connectivity index (χ2v) is 7.03. The van der Waals surface area contributed by atoms with E-state index in [-0.39, 0.29) is 0 Å². The summed E-state index contributed by atoms with van der Waals surface area (Å²) in [6.07, 6.45) is 12.4. The summed E-state index contributed by atoms with van der Waals surface area (Å²) in [6, 6.07) is 0. The van der Waals surface area contributed by atoms with Gasteiger partial charge in [-0.2, -0.15) is 0 Å². The zero-order valence-electron chi connectivity index (χ0n) is 9.89. The lowest BCUT2D eigenvalue weighted by molar-refractivity contribution is -0.0797. The molecule has 0 atom stereocenters. The van der Waals surface area contributed by atoms with Crippen molar-refractivity contribution in [1.82, 2.24) is 5.32 Å². The topological polar surface area (TPSA) is 12.0 Å². The van der Waals surface area contributed by atoms with E-state index >= 15 is 0 Å². The molecule has 1 nitrogen and oxygen atoms in total. The Labute approximate surface area is 93.0 Å². The first-order valence-corrected chi connectivity index (χ1v) is 6.94. The van der Waals surface area contributed by atoms with Crippen LogP contribution in [-0.4, -0.2) is 12.6 Å². The van der Waals surface area contributed by atoms with E-state index in [0.29, 0.717) is 5.54 Å². The minimum absolute atomic E-state index is 0.600. The Morgan fingerprint density at radius 2 is 1.33 bits per heavy atom. The van der Waals surface area contributed by atoms with Crippen molar-refractivity contribution < 1.29 is 0 Å². The summed E-state index contributed by atoms with van der Waals surface area (Å²) < 4.78 is 0. The number of hydrogen-bond acceptors (Lipinski definition) is 1. The van der Waals surface area contributed by atoms with Crippen molar-refractivity contribution in [1.29, 1.82) is 0 Å². The van der Waals surface area contributed by atoms with Gasteiger partial charge in [0.05, 0.1) is 0 Å². The second kappa shape index (κ2) is 2.61. The molecule has 0 aliphatic heterocycles. The van der Waals surface area contributed by atoms with Crippen LogP contribution in [0.15, 0.2) is 0 Å². The van der Waals surface area contributed by atoms with Crippen molar-refractivity contribution in [2.45, 2.75) is 56.9 Å². The standard InChI is InChI=1S/C14H23N/c1-15-14(2-3-14)13-7-10-4-11(8-13)6-12(5-10)9-13/h10-12,15H,2-9H2,1H3. The van der Waals surface area contributed by atoms with E-state index in [0.717, 1.165) is 23.2 Å². The Bertz CT molecular complexity index is 254. The zero-order chi connectivity index (χ0) is 10.1. The van der Waals surface area contributed by atoms with Crippen molar-refractivity contribution in [3.05, 3.63) is 0 Å². The van der Waals surface area contributed by atoms with Crippen LogP contribution in [0.25, 0.3) is 0 Å². The van der Waals surface area contributed by atoms with Crippen molar-refractivity contribution >= 4 is 0 Å². The van der Waals surface area contributed by atoms with Crippen LogP contribution >= 0.6 is 0 Å². The lowest BCUT2D eigenvalue weighted by Gasteiger charge is -2.60. The number of rotatable bonds is 2. The lowest BCUT2D eigenvalue weighted by atomic mass is 9.47. The molecular weight excluding hydrogens is 182 g/mol. The molecule has 5 fully saturated rings. The molecule has 5 aliphatic rings. The maximum Gasteiger partial charge on any atom is 0.0236 e. The molecule has 0 unspecified atom stereocenters. The fraction of sp³-hybridized carbons (Fsp3) is 1.00. The first-order chi connectivity index (χ1) is 7.25. The predicted octanol–water partition coefficient (Wildman–Crippen LogP) is 2.95. The summed E-state index contributed by atoms with van der Waals surface area (Å²) >= 11 is 0. The third-order valence-corrected chi connectivity index (χ3v) is 6.28. The highest BCUT2D eigenvalue weighted by molar-refractivity contribution is 5.19. The molecule has 0 heterocycles. The first kappa shape index (κ1) is 9.04. The molecule has 4 bridgehead atoms. The van der Waals surface area contributed by atoms with E-state index in [9.17, 15) is 0 Å². The smallest absolute Gasteiger partial charge is 0.0236 e. The van der Waals surface area contributed by atoms with Gasteiger partial charge < -0.3 is 5.32 Å². The van der Waals surface area contributed by atoms with Crippen LogP contribution in [0.1, 0.15) is 51.4 Å². The molecule has 15 heavy (non-hydrogen) atoms. The highest BCUT2D eigenvalue weighted by Gasteiger charge is 2.64. The monoisotopic (exact) mass is 205 g/mol. The Morgan fingerprint density at radius 3 is 1.67 bits per heavy atom. The van der Waals surface area contributed by atoms with Gasteiger partial charge in [-0.3, -0.25) is 0 Å². The average molecular weight is 205 g/mol. The SMILES string of the molecule is CNC1(C23CC4CC(CC(C4)C2)C3)CC1. The summed E-state index contributed by atoms with van der Waals surface area (Å²) in [4.78, 5) is 0. The zero-order valence-corrected chi connectivity index (χ0v) is 9.89. The molecule has 0 aromatic rings. The molecule has 0 aromatic carbocycles. The van der Waals surface area contributed by atoms with E-state index in [4.69, 9.17) is 0 Å². The predicted molar refractivity (Wildman–Crippen MR) is 61.6 cm³/mol. The average Bonchev–Trinajstić information content (AvgIpc) is 2.95. The fourth-order valence-corrected chi connectivity index (χ4v) is 5.87. The van der Waals surface area contributed by atoms with E-state index in [1.807, 2.05) is 0 Å². The molecule has 1 N–H and O–H groups in total. The largest absolute Gasteiger partial charge is 0.314 e. The third-order valence-electron chi connectivity index (χ3n) is 6.28. The van der Waals surface area contributed by atoms with Gasteiger partial charge in [-0.05, 0) is 81.6 Å². The van der Waals surface area contributed by atoms with E-state index in [1.165, 1.54) is 12.8 Å². The van der Waals surface area contributed by atoms with E-state index in [1.54, 1.807) is 38.5 Å². The van der Waals surface area contributed by atoms with E-state index < -0.39 is 0 Å². The van der Waals surface area contributed by atoms with Crippen LogP contribution in [-0.2, 0) is 0 Å². The van der Waals surface area contributed by atoms with Gasteiger partial charge in [0, 0.05) is 5.54 Å². The normalized spacial score (nSPS) is 54.6. The number of nitrogens with one attached hydrogen (secondary N) is 1. The van der Waals surface area contributed by atoms with Gasteiger partial charge in [0.2, 0.25) is 0 Å². The van der Waals surface area contributed by atoms with Gasteiger partial charge in [-0.25, -0.2) is 0 Å². The molecule has 0 amide bonds. The molecule has 5 aliphatic carbocycles. The van der Waals surface area contributed by atoms with Crippen molar-refractivity contribution in [3.8, 4) is 0 Å². The Morgan fingerprint density at radius 1 is 0.867 bits per heavy atom. The molecule has 1 heteroatoms.